The van der Waals surface area contributed by atoms with E-state index >= 15 is 0 Å². The maximum atomic E-state index is 13.4. The minimum absolute atomic E-state index is 0.110. The van der Waals surface area contributed by atoms with Crippen LogP contribution < -0.4 is 21.3 Å². The van der Waals surface area contributed by atoms with Crippen LogP contribution in [0.4, 0.5) is 34.1 Å². The van der Waals surface area contributed by atoms with Gasteiger partial charge in [0.15, 0.2) is 11.6 Å². The van der Waals surface area contributed by atoms with Gasteiger partial charge in [-0.3, -0.25) is 28.8 Å². The topological polar surface area (TPSA) is 200 Å². The van der Waals surface area contributed by atoms with Gasteiger partial charge in [0.1, 0.15) is 0 Å². The van der Waals surface area contributed by atoms with Gasteiger partial charge >= 0.3 is 0 Å². The van der Waals surface area contributed by atoms with Crippen molar-refractivity contribution >= 4 is 127 Å². The van der Waals surface area contributed by atoms with Crippen molar-refractivity contribution in [1.29, 1.82) is 0 Å². The molecule has 0 saturated heterocycles. The second-order valence-electron chi connectivity index (χ2n) is 14.0. The number of hydrogen-bond acceptors (Lipinski definition) is 10. The van der Waals surface area contributed by atoms with Crippen molar-refractivity contribution < 1.29 is 28.8 Å². The van der Waals surface area contributed by atoms with Crippen LogP contribution in [-0.4, -0.2) is 59.0 Å². The first-order chi connectivity index (χ1) is 30.6. The Balaban J connectivity index is 1.25. The molecule has 64 heavy (non-hydrogen) atoms. The average Bonchev–Trinajstić information content (AvgIpc) is 3.24. The summed E-state index contributed by atoms with van der Waals surface area (Å²) in [6, 6.07) is 24.1. The number of anilines is 4. The Labute approximate surface area is 393 Å². The highest BCUT2D eigenvalue weighted by atomic mass is 35.5. The number of Topliss-reactive ketones (excluding diaryl/α,β-unsaturated/α-hetero) is 2. The normalized spacial score (nSPS) is 12.1. The highest BCUT2D eigenvalue weighted by molar-refractivity contribution is 6.31. The molecule has 2 atom stereocenters. The standard InChI is InChI=1S/C45H39Cl5N8O6/c1-25(59)40(57-55-37-19-29(17-32(49)22-37)42(61)51-34-7-3-5-27(15-34)11-13-46)44(63)53-36-9-10-39(31(21-36)24-48)54-45(64)41(26(2)60)58-56-38-20-30(18-33(50)23-38)43(62)52-35-8-4-6-28(16-35)12-14-47/h3-10,15-23,40-41H,11-14,24H2,1-2H3,(H,51,61)(H,52,62)(H,53,63)(H,54,64). The van der Waals surface area contributed by atoms with E-state index in [4.69, 9.17) is 58.0 Å². The first kappa shape index (κ1) is 49.0. The molecule has 14 nitrogen and oxygen atoms in total. The molecule has 0 aliphatic carbocycles. The van der Waals surface area contributed by atoms with Crippen LogP contribution in [0.15, 0.2) is 124 Å². The van der Waals surface area contributed by atoms with Gasteiger partial charge in [-0.2, -0.15) is 20.5 Å². The number of nitrogens with zero attached hydrogens (tertiary/aromatic N) is 4. The molecule has 5 aromatic carbocycles. The van der Waals surface area contributed by atoms with Crippen molar-refractivity contribution in [2.75, 3.05) is 33.0 Å². The van der Waals surface area contributed by atoms with E-state index in [0.29, 0.717) is 41.5 Å². The Morgan fingerprint density at radius 3 is 1.42 bits per heavy atom. The highest BCUT2D eigenvalue weighted by Crippen LogP contribution is 2.27. The number of amides is 4. The van der Waals surface area contributed by atoms with Crippen LogP contribution in [0.1, 0.15) is 51.3 Å². The number of alkyl halides is 3. The van der Waals surface area contributed by atoms with E-state index in [1.807, 2.05) is 12.1 Å². The van der Waals surface area contributed by atoms with Crippen LogP contribution >= 0.6 is 58.0 Å². The number of hydrogen-bond donors (Lipinski definition) is 4. The molecule has 330 valence electrons. The molecule has 4 N–H and O–H groups in total. The largest absolute Gasteiger partial charge is 0.324 e. The molecular weight excluding hydrogens is 926 g/mol. The van der Waals surface area contributed by atoms with Gasteiger partial charge in [0.25, 0.3) is 23.6 Å². The Morgan fingerprint density at radius 1 is 0.531 bits per heavy atom. The highest BCUT2D eigenvalue weighted by Gasteiger charge is 2.26. The molecule has 5 aromatic rings. The summed E-state index contributed by atoms with van der Waals surface area (Å²) in [5.41, 5.74) is 4.25. The molecular formula is C45H39Cl5N8O6. The second-order valence-corrected chi connectivity index (χ2v) is 15.9. The number of halogens is 5. The van der Waals surface area contributed by atoms with Gasteiger partial charge in [-0.05, 0) is 122 Å². The SMILES string of the molecule is CC(=O)C(N=Nc1cc(Cl)cc(C(=O)Nc2cccc(CCCl)c2)c1)C(=O)Nc1ccc(NC(=O)C(N=Nc2cc(Cl)cc(C(=O)Nc3cccc(CCCl)c3)c2)C(C)=O)c(CCl)c1. The quantitative estimate of drug-likeness (QED) is 0.0360. The van der Waals surface area contributed by atoms with Gasteiger partial charge in [-0.25, -0.2) is 0 Å². The molecule has 0 heterocycles. The van der Waals surface area contributed by atoms with E-state index in [9.17, 15) is 28.8 Å². The summed E-state index contributed by atoms with van der Waals surface area (Å²) in [6.07, 6.45) is 1.25. The van der Waals surface area contributed by atoms with Gasteiger partial charge in [0, 0.05) is 61.6 Å². The fraction of sp³-hybridized carbons (Fsp3) is 0.200. The summed E-state index contributed by atoms with van der Waals surface area (Å²) in [5, 5.41) is 27.2. The lowest BCUT2D eigenvalue weighted by Gasteiger charge is -2.15. The zero-order valence-corrected chi connectivity index (χ0v) is 37.9. The van der Waals surface area contributed by atoms with Crippen LogP contribution in [0, 0.1) is 0 Å². The molecule has 0 aliphatic heterocycles. The van der Waals surface area contributed by atoms with Crippen LogP contribution in [0.3, 0.4) is 0 Å². The average molecular weight is 965 g/mol. The minimum atomic E-state index is -1.60. The van der Waals surface area contributed by atoms with E-state index in [-0.39, 0.29) is 49.8 Å². The van der Waals surface area contributed by atoms with E-state index in [1.54, 1.807) is 36.4 Å². The number of rotatable bonds is 19. The Morgan fingerprint density at radius 2 is 0.984 bits per heavy atom. The smallest absolute Gasteiger partial charge is 0.258 e. The molecule has 0 saturated carbocycles. The summed E-state index contributed by atoms with van der Waals surface area (Å²) < 4.78 is 0. The Hall–Kier alpha value is -6.03. The first-order valence-electron chi connectivity index (χ1n) is 19.3. The number of nitrogens with one attached hydrogen (secondary N) is 4. The predicted molar refractivity (Wildman–Crippen MR) is 252 cm³/mol. The Kier molecular flexibility index (Phi) is 18.1. The summed E-state index contributed by atoms with van der Waals surface area (Å²) >= 11 is 30.5. The lowest BCUT2D eigenvalue weighted by atomic mass is 10.1. The number of benzene rings is 5. The number of azo groups is 2. The number of carbonyl (C=O) groups excluding carboxylic acids is 6. The lowest BCUT2D eigenvalue weighted by molar-refractivity contribution is -0.127. The van der Waals surface area contributed by atoms with Crippen molar-refractivity contribution in [1.82, 2.24) is 0 Å². The van der Waals surface area contributed by atoms with Crippen LogP contribution in [-0.2, 0) is 37.9 Å². The maximum absolute atomic E-state index is 13.4. The van der Waals surface area contributed by atoms with Crippen molar-refractivity contribution in [3.05, 3.63) is 141 Å². The molecule has 0 spiro atoms. The zero-order chi connectivity index (χ0) is 46.3. The molecule has 5 rings (SSSR count). The number of ketones is 2. The van der Waals surface area contributed by atoms with Crippen LogP contribution in [0.2, 0.25) is 10.0 Å². The van der Waals surface area contributed by atoms with Gasteiger partial charge in [-0.1, -0.05) is 47.5 Å². The molecule has 0 bridgehead atoms. The van der Waals surface area contributed by atoms with Crippen molar-refractivity contribution in [2.45, 2.75) is 44.7 Å². The molecule has 2 unspecified atom stereocenters. The van der Waals surface area contributed by atoms with Crippen molar-refractivity contribution in [2.24, 2.45) is 20.5 Å². The van der Waals surface area contributed by atoms with E-state index in [1.165, 1.54) is 54.6 Å². The molecule has 0 fully saturated rings. The predicted octanol–water partition coefficient (Wildman–Crippen LogP) is 11.2. The fourth-order valence-corrected chi connectivity index (χ4v) is 7.08. The van der Waals surface area contributed by atoms with Crippen molar-refractivity contribution in [3.8, 4) is 0 Å². The minimum Gasteiger partial charge on any atom is -0.324 e. The van der Waals surface area contributed by atoms with Gasteiger partial charge in [0.2, 0.25) is 12.1 Å². The summed E-state index contributed by atoms with van der Waals surface area (Å²) in [6.45, 7) is 2.33. The van der Waals surface area contributed by atoms with Crippen LogP contribution in [0.5, 0.6) is 0 Å². The summed E-state index contributed by atoms with van der Waals surface area (Å²) in [7, 11) is 0. The van der Waals surface area contributed by atoms with Gasteiger partial charge in [0.05, 0.1) is 11.4 Å². The molecule has 0 aromatic heterocycles. The zero-order valence-electron chi connectivity index (χ0n) is 34.1. The summed E-state index contributed by atoms with van der Waals surface area (Å²) in [4.78, 5) is 78.0. The van der Waals surface area contributed by atoms with Crippen molar-refractivity contribution in [3.63, 3.8) is 0 Å². The third-order valence-corrected chi connectivity index (χ3v) is 10.1. The molecule has 0 radical (unpaired) electrons. The third-order valence-electron chi connectivity index (χ3n) is 9.04. The maximum Gasteiger partial charge on any atom is 0.258 e. The monoisotopic (exact) mass is 962 g/mol. The molecule has 19 heteroatoms. The van der Waals surface area contributed by atoms with E-state index in [0.717, 1.165) is 25.0 Å². The van der Waals surface area contributed by atoms with E-state index < -0.39 is 47.3 Å². The second kappa shape index (κ2) is 23.6. The molecule has 4 amide bonds. The van der Waals surface area contributed by atoms with Gasteiger partial charge in [-0.15, -0.1) is 34.8 Å². The van der Waals surface area contributed by atoms with E-state index in [2.05, 4.69) is 41.7 Å². The lowest BCUT2D eigenvalue weighted by Crippen LogP contribution is -2.32. The third kappa shape index (κ3) is 14.2. The van der Waals surface area contributed by atoms with Crippen LogP contribution in [0.25, 0.3) is 0 Å². The summed E-state index contributed by atoms with van der Waals surface area (Å²) in [5.74, 6) is -3.20. The fourth-order valence-electron chi connectivity index (χ4n) is 5.96. The first-order valence-corrected chi connectivity index (χ1v) is 21.7. The number of carbonyl (C=O) groups is 6. The van der Waals surface area contributed by atoms with Gasteiger partial charge < -0.3 is 21.3 Å². The Bertz CT molecular complexity index is 2640. The number of aryl methyl sites for hydroxylation is 2. The molecule has 0 aliphatic rings.